The first kappa shape index (κ1) is 27.3. The van der Waals surface area contributed by atoms with Crippen molar-refractivity contribution in [2.45, 2.75) is 106 Å². The molecule has 8 heteroatoms. The smallest absolute Gasteiger partial charge is 0.314 e. The number of rotatable bonds is 9. The minimum absolute atomic E-state index is 0.0541. The highest BCUT2D eigenvalue weighted by Crippen LogP contribution is 2.52. The fraction of sp³-hybridized carbons (Fsp3) is 0.692. The molecular formula is C26H34F5O2S. The van der Waals surface area contributed by atoms with E-state index >= 15 is 8.78 Å². The van der Waals surface area contributed by atoms with E-state index in [-0.39, 0.29) is 32.1 Å². The minimum atomic E-state index is -3.05. The van der Waals surface area contributed by atoms with E-state index in [1.807, 2.05) is 6.92 Å². The summed E-state index contributed by atoms with van der Waals surface area (Å²) < 4.78 is 80.9. The Bertz CT molecular complexity index is 801. The standard InChI is InChI=1S/C26H34F5O2S/c1-2-3-4-5-6-15-25(30)21(27)16-26(31,23(29)22(25)28)18-9-7-17(8-10-18)24(32)33-19-11-13-20(34)14-12-19/h11-14,16-18,21-23,34H,2-10,15H2,1H3/t17-,18-,21?,22?,23?,25?,26?. The molecule has 0 N–H and O–H groups in total. The Morgan fingerprint density at radius 1 is 0.971 bits per heavy atom. The van der Waals surface area contributed by atoms with Gasteiger partial charge in [0, 0.05) is 11.3 Å². The molecule has 2 fully saturated rings. The zero-order valence-corrected chi connectivity index (χ0v) is 20.4. The highest BCUT2D eigenvalue weighted by atomic mass is 32.1. The van der Waals surface area contributed by atoms with Crippen molar-refractivity contribution >= 4 is 18.6 Å². The van der Waals surface area contributed by atoms with Crippen LogP contribution in [-0.2, 0) is 4.79 Å². The van der Waals surface area contributed by atoms with Crippen LogP contribution in [0.4, 0.5) is 22.0 Å². The molecule has 2 nitrogen and oxygen atoms in total. The molecule has 0 bridgehead atoms. The predicted molar refractivity (Wildman–Crippen MR) is 125 cm³/mol. The van der Waals surface area contributed by atoms with Crippen molar-refractivity contribution in [1.82, 2.24) is 0 Å². The van der Waals surface area contributed by atoms with Crippen LogP contribution < -0.4 is 4.74 Å². The summed E-state index contributed by atoms with van der Waals surface area (Å²) in [5.74, 6) is -1.69. The Hall–Kier alpha value is -1.31. The number of carbonyl (C=O) groups is 1. The molecule has 1 aromatic rings. The third-order valence-corrected chi connectivity index (χ3v) is 7.70. The molecule has 2 aliphatic carbocycles. The van der Waals surface area contributed by atoms with Crippen LogP contribution >= 0.6 is 12.6 Å². The monoisotopic (exact) mass is 505 g/mol. The van der Waals surface area contributed by atoms with Gasteiger partial charge in [0.05, 0.1) is 5.92 Å². The van der Waals surface area contributed by atoms with Crippen LogP contribution in [0.1, 0.15) is 71.1 Å². The number of ether oxygens (including phenoxy) is 1. The third kappa shape index (κ3) is 5.90. The maximum Gasteiger partial charge on any atom is 0.314 e. The second-order valence-corrected chi connectivity index (χ2v) is 10.3. The first-order chi connectivity index (χ1) is 16.1. The molecule has 5 atom stereocenters. The average Bonchev–Trinajstić information content (AvgIpc) is 2.83. The van der Waals surface area contributed by atoms with Gasteiger partial charge < -0.3 is 4.74 Å². The normalized spacial score (nSPS) is 36.3. The molecule has 0 heterocycles. The molecule has 191 valence electrons. The lowest BCUT2D eigenvalue weighted by Crippen LogP contribution is -2.64. The summed E-state index contributed by atoms with van der Waals surface area (Å²) in [4.78, 5) is 13.2. The fourth-order valence-corrected chi connectivity index (χ4v) is 5.35. The quantitative estimate of drug-likeness (QED) is 0.122. The molecule has 2 aliphatic rings. The van der Waals surface area contributed by atoms with Gasteiger partial charge in [0.1, 0.15) is 11.9 Å². The molecule has 0 spiro atoms. The number of esters is 1. The van der Waals surface area contributed by atoms with Gasteiger partial charge in [-0.25, -0.2) is 22.0 Å². The lowest BCUT2D eigenvalue weighted by molar-refractivity contribution is -0.150. The van der Waals surface area contributed by atoms with Crippen molar-refractivity contribution < 1.29 is 31.5 Å². The van der Waals surface area contributed by atoms with E-state index in [2.05, 4.69) is 12.6 Å². The van der Waals surface area contributed by atoms with Gasteiger partial charge in [-0.1, -0.05) is 39.0 Å². The van der Waals surface area contributed by atoms with Gasteiger partial charge in [0.15, 0.2) is 23.7 Å². The van der Waals surface area contributed by atoms with Gasteiger partial charge in [0.2, 0.25) is 0 Å². The van der Waals surface area contributed by atoms with Crippen LogP contribution in [-0.4, -0.2) is 35.8 Å². The first-order valence-electron chi connectivity index (χ1n) is 12.3. The van der Waals surface area contributed by atoms with E-state index in [0.29, 0.717) is 23.5 Å². The average molecular weight is 506 g/mol. The van der Waals surface area contributed by atoms with Crippen molar-refractivity contribution in [3.05, 3.63) is 30.7 Å². The summed E-state index contributed by atoms with van der Waals surface area (Å²) in [5, 5.41) is 0. The van der Waals surface area contributed by atoms with Crippen molar-refractivity contribution in [2.75, 3.05) is 0 Å². The zero-order valence-electron chi connectivity index (χ0n) is 19.5. The number of hydrogen-bond donors (Lipinski definition) is 1. The molecule has 0 saturated heterocycles. The second kappa shape index (κ2) is 11.6. The summed E-state index contributed by atoms with van der Waals surface area (Å²) in [6, 6.07) is 6.55. The van der Waals surface area contributed by atoms with Gasteiger partial charge in [-0.3, -0.25) is 4.79 Å². The fourth-order valence-electron chi connectivity index (χ4n) is 5.20. The Morgan fingerprint density at radius 2 is 1.59 bits per heavy atom. The highest BCUT2D eigenvalue weighted by molar-refractivity contribution is 7.80. The SMILES string of the molecule is CCCCCCCC1(F)C(F)[CH]C(F)([C@H]2CC[C@H](C(=O)Oc3ccc(S)cc3)CC2)C(F)C1F. The second-order valence-electron chi connectivity index (χ2n) is 9.75. The van der Waals surface area contributed by atoms with E-state index in [4.69, 9.17) is 4.74 Å². The van der Waals surface area contributed by atoms with E-state index in [9.17, 15) is 18.0 Å². The molecule has 1 aromatic carbocycles. The number of benzene rings is 1. The first-order valence-corrected chi connectivity index (χ1v) is 12.7. The number of alkyl halides is 5. The summed E-state index contributed by atoms with van der Waals surface area (Å²) in [7, 11) is 0. The molecule has 0 aliphatic heterocycles. The summed E-state index contributed by atoms with van der Waals surface area (Å²) >= 11 is 4.16. The Labute approximate surface area is 204 Å². The Morgan fingerprint density at radius 3 is 2.21 bits per heavy atom. The predicted octanol–water partition coefficient (Wildman–Crippen LogP) is 7.70. The van der Waals surface area contributed by atoms with Crippen molar-refractivity contribution in [3.8, 4) is 5.75 Å². The van der Waals surface area contributed by atoms with Crippen LogP contribution in [0.25, 0.3) is 0 Å². The molecule has 3 rings (SSSR count). The van der Waals surface area contributed by atoms with Gasteiger partial charge in [-0.15, -0.1) is 12.6 Å². The molecule has 1 radical (unpaired) electrons. The topological polar surface area (TPSA) is 26.3 Å². The van der Waals surface area contributed by atoms with Crippen LogP contribution in [0.15, 0.2) is 29.2 Å². The number of carbonyl (C=O) groups excluding carboxylic acids is 1. The van der Waals surface area contributed by atoms with Crippen molar-refractivity contribution in [3.63, 3.8) is 0 Å². The van der Waals surface area contributed by atoms with E-state index < -0.39 is 54.1 Å². The van der Waals surface area contributed by atoms with Crippen molar-refractivity contribution in [1.29, 1.82) is 0 Å². The maximum absolute atomic E-state index is 15.7. The van der Waals surface area contributed by atoms with Gasteiger partial charge >= 0.3 is 5.97 Å². The summed E-state index contributed by atoms with van der Waals surface area (Å²) in [5.41, 5.74) is -5.96. The highest BCUT2D eigenvalue weighted by Gasteiger charge is 2.66. The molecule has 2 saturated carbocycles. The largest absolute Gasteiger partial charge is 0.426 e. The van der Waals surface area contributed by atoms with E-state index in [0.717, 1.165) is 19.3 Å². The summed E-state index contributed by atoms with van der Waals surface area (Å²) in [6.07, 6.45) is -4.21. The molecule has 5 unspecified atom stereocenters. The number of thiol groups is 1. The van der Waals surface area contributed by atoms with Gasteiger partial charge in [-0.2, -0.15) is 0 Å². The molecule has 34 heavy (non-hydrogen) atoms. The van der Waals surface area contributed by atoms with Crippen molar-refractivity contribution in [2.24, 2.45) is 11.8 Å². The van der Waals surface area contributed by atoms with Gasteiger partial charge in [-0.05, 0) is 62.3 Å². The van der Waals surface area contributed by atoms with Crippen LogP contribution in [0.5, 0.6) is 5.75 Å². The molecular weight excluding hydrogens is 471 g/mol. The van der Waals surface area contributed by atoms with E-state index in [1.165, 1.54) is 0 Å². The zero-order chi connectivity index (χ0) is 24.9. The third-order valence-electron chi connectivity index (χ3n) is 7.40. The van der Waals surface area contributed by atoms with E-state index in [1.54, 1.807) is 24.3 Å². The minimum Gasteiger partial charge on any atom is -0.426 e. The lowest BCUT2D eigenvalue weighted by Gasteiger charge is -2.48. The number of unbranched alkanes of at least 4 members (excludes halogenated alkanes) is 4. The van der Waals surface area contributed by atoms with Crippen LogP contribution in [0.3, 0.4) is 0 Å². The molecule has 0 amide bonds. The van der Waals surface area contributed by atoms with Crippen LogP contribution in [0.2, 0.25) is 0 Å². The maximum atomic E-state index is 15.7. The van der Waals surface area contributed by atoms with Crippen LogP contribution in [0, 0.1) is 18.3 Å². The lowest BCUT2D eigenvalue weighted by atomic mass is 9.63. The molecule has 0 aromatic heterocycles. The van der Waals surface area contributed by atoms with Gasteiger partial charge in [0.25, 0.3) is 0 Å². The summed E-state index contributed by atoms with van der Waals surface area (Å²) in [6.45, 7) is 2.01. The number of halogens is 5. The Kier molecular flexibility index (Phi) is 9.32. The Balaban J connectivity index is 1.57. The number of hydrogen-bond acceptors (Lipinski definition) is 3.